The van der Waals surface area contributed by atoms with Gasteiger partial charge in [-0.25, -0.2) is 9.97 Å². The second-order valence-corrected chi connectivity index (χ2v) is 5.79. The van der Waals surface area contributed by atoms with E-state index in [1.807, 2.05) is 30.5 Å². The third-order valence-corrected chi connectivity index (χ3v) is 3.94. The van der Waals surface area contributed by atoms with Crippen molar-refractivity contribution in [3.8, 4) is 11.3 Å². The molecule has 4 rings (SSSR count). The van der Waals surface area contributed by atoms with Crippen LogP contribution in [0, 0.1) is 0 Å². The predicted molar refractivity (Wildman–Crippen MR) is 90.7 cm³/mol. The summed E-state index contributed by atoms with van der Waals surface area (Å²) >= 11 is 1.25. The number of hydrogen-bond acceptors (Lipinski definition) is 7. The van der Waals surface area contributed by atoms with Gasteiger partial charge in [-0.3, -0.25) is 10.1 Å². The van der Waals surface area contributed by atoms with Crippen LogP contribution in [-0.4, -0.2) is 30.5 Å². The summed E-state index contributed by atoms with van der Waals surface area (Å²) in [7, 11) is 0. The van der Waals surface area contributed by atoms with E-state index < -0.39 is 0 Å². The fourth-order valence-electron chi connectivity index (χ4n) is 2.25. The van der Waals surface area contributed by atoms with Crippen LogP contribution in [0.25, 0.3) is 16.9 Å². The Bertz CT molecular complexity index is 1030. The molecule has 0 bridgehead atoms. The van der Waals surface area contributed by atoms with E-state index in [0.29, 0.717) is 22.3 Å². The van der Waals surface area contributed by atoms with Crippen LogP contribution in [0.15, 0.2) is 48.2 Å². The molecule has 8 nitrogen and oxygen atoms in total. The number of carbonyl (C=O) groups excluding carboxylic acids is 1. The van der Waals surface area contributed by atoms with Crippen LogP contribution in [0.2, 0.25) is 0 Å². The zero-order chi connectivity index (χ0) is 16.5. The van der Waals surface area contributed by atoms with Crippen molar-refractivity contribution in [2.45, 2.75) is 0 Å². The van der Waals surface area contributed by atoms with E-state index >= 15 is 0 Å². The molecule has 0 aliphatic carbocycles. The first-order valence-corrected chi connectivity index (χ1v) is 7.86. The lowest BCUT2D eigenvalue weighted by atomic mass is 10.2. The molecule has 0 atom stereocenters. The van der Waals surface area contributed by atoms with Crippen molar-refractivity contribution < 1.29 is 4.79 Å². The van der Waals surface area contributed by atoms with Crippen molar-refractivity contribution in [3.05, 3.63) is 53.9 Å². The smallest absolute Gasteiger partial charge is 0.277 e. The summed E-state index contributed by atoms with van der Waals surface area (Å²) in [5.74, 6) is 0.120. The van der Waals surface area contributed by atoms with Crippen molar-refractivity contribution in [1.82, 2.24) is 24.6 Å². The topological polar surface area (TPSA) is 111 Å². The Morgan fingerprint density at radius 1 is 1.17 bits per heavy atom. The number of amides is 1. The standard InChI is InChI=1S/C15H11N7OS/c16-12-3-1-2-10(18-12)9-4-5-13-19-11(7-22(13)6-9)14(23)20-15-21-17-8-24-15/h1-8H,(H2,16,18)(H,20,21,23). The monoisotopic (exact) mass is 337 g/mol. The Morgan fingerprint density at radius 3 is 2.88 bits per heavy atom. The zero-order valence-electron chi connectivity index (χ0n) is 12.2. The summed E-state index contributed by atoms with van der Waals surface area (Å²) in [5, 5.41) is 10.5. The zero-order valence-corrected chi connectivity index (χ0v) is 13.1. The number of rotatable bonds is 3. The maximum absolute atomic E-state index is 12.2. The number of pyridine rings is 2. The summed E-state index contributed by atoms with van der Waals surface area (Å²) in [4.78, 5) is 20.8. The van der Waals surface area contributed by atoms with Crippen LogP contribution in [-0.2, 0) is 0 Å². The van der Waals surface area contributed by atoms with E-state index in [1.165, 1.54) is 11.3 Å². The van der Waals surface area contributed by atoms with Gasteiger partial charge in [0.15, 0.2) is 0 Å². The molecule has 3 N–H and O–H groups in total. The van der Waals surface area contributed by atoms with Crippen LogP contribution >= 0.6 is 11.3 Å². The molecule has 0 saturated carbocycles. The van der Waals surface area contributed by atoms with Gasteiger partial charge < -0.3 is 10.1 Å². The third kappa shape index (κ3) is 2.68. The average Bonchev–Trinajstić information content (AvgIpc) is 3.23. The highest BCUT2D eigenvalue weighted by Gasteiger charge is 2.13. The number of nitrogen functional groups attached to an aromatic ring is 1. The average molecular weight is 337 g/mol. The van der Waals surface area contributed by atoms with Gasteiger partial charge in [0.1, 0.15) is 22.7 Å². The van der Waals surface area contributed by atoms with Gasteiger partial charge in [0.2, 0.25) is 5.13 Å². The molecule has 4 heterocycles. The van der Waals surface area contributed by atoms with Crippen LogP contribution in [0.3, 0.4) is 0 Å². The second-order valence-electron chi connectivity index (χ2n) is 4.96. The van der Waals surface area contributed by atoms with E-state index in [4.69, 9.17) is 5.73 Å². The molecule has 1 amide bonds. The quantitative estimate of drug-likeness (QED) is 0.592. The largest absolute Gasteiger partial charge is 0.384 e. The molecule has 0 aliphatic rings. The van der Waals surface area contributed by atoms with E-state index in [2.05, 4.69) is 25.5 Å². The minimum Gasteiger partial charge on any atom is -0.384 e. The number of fused-ring (bicyclic) bond motifs is 1. The van der Waals surface area contributed by atoms with Crippen molar-refractivity contribution in [1.29, 1.82) is 0 Å². The molecule has 0 aromatic carbocycles. The number of imidazole rings is 1. The van der Waals surface area contributed by atoms with Gasteiger partial charge in [0.05, 0.1) is 5.69 Å². The number of nitrogens with one attached hydrogen (secondary N) is 1. The summed E-state index contributed by atoms with van der Waals surface area (Å²) in [6, 6.07) is 9.15. The molecule has 9 heteroatoms. The van der Waals surface area contributed by atoms with Gasteiger partial charge >= 0.3 is 0 Å². The van der Waals surface area contributed by atoms with Crippen molar-refractivity contribution in [3.63, 3.8) is 0 Å². The first-order chi connectivity index (χ1) is 11.7. The number of hydrogen-bond donors (Lipinski definition) is 2. The van der Waals surface area contributed by atoms with E-state index in [0.717, 1.165) is 11.3 Å². The van der Waals surface area contributed by atoms with Crippen molar-refractivity contribution >= 4 is 33.8 Å². The summed E-state index contributed by atoms with van der Waals surface area (Å²) in [6.07, 6.45) is 3.51. The van der Waals surface area contributed by atoms with Crippen LogP contribution in [0.5, 0.6) is 0 Å². The minimum atomic E-state index is -0.334. The molecule has 0 aliphatic heterocycles. The fourth-order valence-corrected chi connectivity index (χ4v) is 2.69. The molecular formula is C15H11N7OS. The number of nitrogens with zero attached hydrogens (tertiary/aromatic N) is 5. The van der Waals surface area contributed by atoms with Crippen LogP contribution in [0.1, 0.15) is 10.5 Å². The summed E-state index contributed by atoms with van der Waals surface area (Å²) in [6.45, 7) is 0. The molecule has 0 unspecified atom stereocenters. The van der Waals surface area contributed by atoms with Gasteiger partial charge in [-0.2, -0.15) is 0 Å². The first-order valence-electron chi connectivity index (χ1n) is 6.98. The Hall–Kier alpha value is -3.33. The number of carbonyl (C=O) groups is 1. The van der Waals surface area contributed by atoms with Crippen LogP contribution in [0.4, 0.5) is 10.9 Å². The van der Waals surface area contributed by atoms with Gasteiger partial charge in [-0.05, 0) is 24.3 Å². The minimum absolute atomic E-state index is 0.294. The van der Waals surface area contributed by atoms with E-state index in [1.54, 1.807) is 22.2 Å². The van der Waals surface area contributed by atoms with Crippen molar-refractivity contribution in [2.24, 2.45) is 0 Å². The van der Waals surface area contributed by atoms with Crippen molar-refractivity contribution in [2.75, 3.05) is 11.1 Å². The Balaban J connectivity index is 1.67. The highest BCUT2D eigenvalue weighted by molar-refractivity contribution is 7.13. The summed E-state index contributed by atoms with van der Waals surface area (Å²) in [5.41, 5.74) is 9.85. The normalized spacial score (nSPS) is 10.8. The lowest BCUT2D eigenvalue weighted by molar-refractivity contribution is 0.102. The number of nitrogens with two attached hydrogens (primary N) is 1. The molecule has 0 saturated heterocycles. The van der Waals surface area contributed by atoms with Gasteiger partial charge in [-0.15, -0.1) is 10.2 Å². The first kappa shape index (κ1) is 14.3. The highest BCUT2D eigenvalue weighted by Crippen LogP contribution is 2.19. The molecule has 24 heavy (non-hydrogen) atoms. The maximum Gasteiger partial charge on any atom is 0.277 e. The lowest BCUT2D eigenvalue weighted by Gasteiger charge is -2.02. The van der Waals surface area contributed by atoms with Gasteiger partial charge in [0, 0.05) is 18.0 Å². The highest BCUT2D eigenvalue weighted by atomic mass is 32.1. The summed E-state index contributed by atoms with van der Waals surface area (Å²) < 4.78 is 1.77. The SMILES string of the molecule is Nc1cccc(-c2ccc3nc(C(=O)Nc4nncs4)cn3c2)n1. The molecule has 0 spiro atoms. The van der Waals surface area contributed by atoms with Crippen LogP contribution < -0.4 is 11.1 Å². The molecule has 0 fully saturated rings. The van der Waals surface area contributed by atoms with Gasteiger partial charge in [-0.1, -0.05) is 17.4 Å². The molecule has 4 aromatic heterocycles. The Labute approximate surface area is 140 Å². The number of aromatic nitrogens is 5. The Morgan fingerprint density at radius 2 is 2.08 bits per heavy atom. The van der Waals surface area contributed by atoms with Gasteiger partial charge in [0.25, 0.3) is 5.91 Å². The molecule has 0 radical (unpaired) electrons. The fraction of sp³-hybridized carbons (Fsp3) is 0. The molecule has 4 aromatic rings. The third-order valence-electron chi connectivity index (χ3n) is 3.33. The van der Waals surface area contributed by atoms with E-state index in [9.17, 15) is 4.79 Å². The Kier molecular flexibility index (Phi) is 3.39. The molecule has 118 valence electrons. The molecular weight excluding hydrogens is 326 g/mol. The van der Waals surface area contributed by atoms with E-state index in [-0.39, 0.29) is 5.91 Å². The lowest BCUT2D eigenvalue weighted by Crippen LogP contribution is -2.12. The predicted octanol–water partition coefficient (Wildman–Crippen LogP) is 2.08. The maximum atomic E-state index is 12.2. The number of anilines is 2. The second kappa shape index (κ2) is 5.70.